The van der Waals surface area contributed by atoms with Gasteiger partial charge in [-0.2, -0.15) is 10.1 Å². The first kappa shape index (κ1) is 30.6. The van der Waals surface area contributed by atoms with Gasteiger partial charge in [0.1, 0.15) is 11.6 Å². The van der Waals surface area contributed by atoms with E-state index in [-0.39, 0.29) is 29.1 Å². The molecule has 0 aliphatic carbocycles. The average Bonchev–Trinajstić information content (AvgIpc) is 3.38. The van der Waals surface area contributed by atoms with E-state index in [1.807, 2.05) is 13.0 Å². The van der Waals surface area contributed by atoms with Gasteiger partial charge in [0.05, 0.1) is 25.3 Å². The number of carbonyl (C=O) groups excluding carboxylic acids is 2. The van der Waals surface area contributed by atoms with Crippen LogP contribution >= 0.6 is 0 Å². The zero-order valence-electron chi connectivity index (χ0n) is 25.8. The number of benzene rings is 2. The summed E-state index contributed by atoms with van der Waals surface area (Å²) in [6.07, 6.45) is 2.14. The lowest BCUT2D eigenvalue weighted by Crippen LogP contribution is -2.40. The van der Waals surface area contributed by atoms with Crippen LogP contribution in [-0.2, 0) is 25.2 Å². The highest BCUT2D eigenvalue weighted by atomic mass is 16.5. The van der Waals surface area contributed by atoms with E-state index in [1.54, 1.807) is 24.3 Å². The van der Waals surface area contributed by atoms with E-state index in [1.165, 1.54) is 10.6 Å². The van der Waals surface area contributed by atoms with Crippen LogP contribution in [-0.4, -0.2) is 55.0 Å². The minimum atomic E-state index is -0.646. The number of hydrogen-bond acceptors (Lipinski definition) is 6. The number of hydrogen-bond donors (Lipinski definition) is 1. The number of amidine groups is 1. The summed E-state index contributed by atoms with van der Waals surface area (Å²) >= 11 is 0. The third kappa shape index (κ3) is 6.92. The number of nitrogens with one attached hydrogen (secondary N) is 1. The van der Waals surface area contributed by atoms with Gasteiger partial charge < -0.3 is 19.7 Å². The molecule has 2 aromatic rings. The number of morpholine rings is 1. The molecule has 1 N–H and O–H groups in total. The SMILES string of the molecule is CC[C@@H](Oc1ccc(C(C)(C)CC)cc1C(C)(C)CC)C(=O)Nc1ccc(N2N=C(N3CCOCC3)CC2=O)cc1. The highest BCUT2D eigenvalue weighted by Crippen LogP contribution is 2.39. The molecule has 0 unspecified atom stereocenters. The lowest BCUT2D eigenvalue weighted by Gasteiger charge is -2.31. The summed E-state index contributed by atoms with van der Waals surface area (Å²) in [6, 6.07) is 13.6. The van der Waals surface area contributed by atoms with Gasteiger partial charge in [0.25, 0.3) is 11.8 Å². The molecule has 1 saturated heterocycles. The maximum atomic E-state index is 13.3. The number of carbonyl (C=O) groups is 2. The summed E-state index contributed by atoms with van der Waals surface area (Å²) in [5.41, 5.74) is 3.66. The molecule has 0 radical (unpaired) electrons. The Kier molecular flexibility index (Phi) is 9.42. The topological polar surface area (TPSA) is 83.5 Å². The molecule has 0 bridgehead atoms. The van der Waals surface area contributed by atoms with Crippen LogP contribution in [0.2, 0.25) is 0 Å². The molecule has 4 rings (SSSR count). The van der Waals surface area contributed by atoms with Crippen LogP contribution in [0, 0.1) is 0 Å². The molecule has 0 saturated carbocycles. The van der Waals surface area contributed by atoms with Gasteiger partial charge >= 0.3 is 0 Å². The van der Waals surface area contributed by atoms with Crippen molar-refractivity contribution in [2.24, 2.45) is 5.10 Å². The van der Waals surface area contributed by atoms with Gasteiger partial charge in [-0.3, -0.25) is 9.59 Å². The zero-order valence-corrected chi connectivity index (χ0v) is 25.8. The van der Waals surface area contributed by atoms with E-state index in [9.17, 15) is 9.59 Å². The Morgan fingerprint density at radius 1 is 1.00 bits per heavy atom. The third-order valence-electron chi connectivity index (χ3n) is 8.71. The van der Waals surface area contributed by atoms with E-state index in [0.29, 0.717) is 31.0 Å². The molecular weight excluding hydrogens is 516 g/mol. The number of ether oxygens (including phenoxy) is 2. The summed E-state index contributed by atoms with van der Waals surface area (Å²) in [6.45, 7) is 18.1. The van der Waals surface area contributed by atoms with Gasteiger partial charge in [-0.05, 0) is 66.0 Å². The van der Waals surface area contributed by atoms with E-state index in [4.69, 9.17) is 9.47 Å². The molecule has 222 valence electrons. The standard InChI is InChI=1S/C33H46N4O4/c1-8-27(41-28-16-11-23(32(4,5)9-2)21-26(28)33(6,7)10-3)31(39)34-24-12-14-25(15-13-24)37-30(38)22-29(35-37)36-17-19-40-20-18-36/h11-16,21,27H,8-10,17-20,22H2,1-7H3,(H,34,39)/t27-/m1/s1. The predicted octanol–water partition coefficient (Wildman–Crippen LogP) is 6.24. The zero-order chi connectivity index (χ0) is 29.8. The minimum Gasteiger partial charge on any atom is -0.480 e. The normalized spacial score (nSPS) is 17.0. The van der Waals surface area contributed by atoms with Crippen molar-refractivity contribution in [2.45, 2.75) is 91.1 Å². The summed E-state index contributed by atoms with van der Waals surface area (Å²) < 4.78 is 11.8. The lowest BCUT2D eigenvalue weighted by atomic mass is 9.76. The Bertz CT molecular complexity index is 1260. The summed E-state index contributed by atoms with van der Waals surface area (Å²) in [4.78, 5) is 28.1. The Hall–Kier alpha value is -3.39. The van der Waals surface area contributed by atoms with Crippen molar-refractivity contribution in [3.05, 3.63) is 53.6 Å². The first-order chi connectivity index (χ1) is 19.5. The van der Waals surface area contributed by atoms with Crippen molar-refractivity contribution in [2.75, 3.05) is 36.6 Å². The first-order valence-corrected chi connectivity index (χ1v) is 14.9. The highest BCUT2D eigenvalue weighted by molar-refractivity contribution is 6.12. The Morgan fingerprint density at radius 3 is 2.27 bits per heavy atom. The fourth-order valence-corrected chi connectivity index (χ4v) is 4.98. The van der Waals surface area contributed by atoms with Crippen molar-refractivity contribution in [3.8, 4) is 5.75 Å². The van der Waals surface area contributed by atoms with Gasteiger partial charge in [0, 0.05) is 24.3 Å². The minimum absolute atomic E-state index is 0.0554. The fraction of sp³-hybridized carbons (Fsp3) is 0.545. The molecule has 1 atom stereocenters. The van der Waals surface area contributed by atoms with Gasteiger partial charge in [-0.25, -0.2) is 0 Å². The van der Waals surface area contributed by atoms with Crippen LogP contribution in [0.3, 0.4) is 0 Å². The second-order valence-electron chi connectivity index (χ2n) is 12.2. The molecule has 2 amide bonds. The molecule has 0 spiro atoms. The fourth-order valence-electron chi connectivity index (χ4n) is 4.98. The molecule has 8 nitrogen and oxygen atoms in total. The van der Waals surface area contributed by atoms with E-state index < -0.39 is 6.10 Å². The Labute approximate surface area is 245 Å². The van der Waals surface area contributed by atoms with Crippen molar-refractivity contribution in [1.82, 2.24) is 4.90 Å². The first-order valence-electron chi connectivity index (χ1n) is 14.9. The van der Waals surface area contributed by atoms with Gasteiger partial charge in [0.2, 0.25) is 0 Å². The quantitative estimate of drug-likeness (QED) is 0.371. The van der Waals surface area contributed by atoms with Crippen LogP contribution in [0.15, 0.2) is 47.6 Å². The summed E-state index contributed by atoms with van der Waals surface area (Å²) in [5.74, 6) is 1.26. The van der Waals surface area contributed by atoms with E-state index in [2.05, 4.69) is 69.0 Å². The number of hydrazone groups is 1. The average molecular weight is 563 g/mol. The third-order valence-corrected chi connectivity index (χ3v) is 8.71. The van der Waals surface area contributed by atoms with Crippen LogP contribution in [0.5, 0.6) is 5.75 Å². The molecular formula is C33H46N4O4. The maximum Gasteiger partial charge on any atom is 0.265 e. The second kappa shape index (κ2) is 12.6. The largest absolute Gasteiger partial charge is 0.480 e. The molecule has 8 heteroatoms. The van der Waals surface area contributed by atoms with E-state index in [0.717, 1.165) is 43.1 Å². The number of rotatable bonds is 10. The smallest absolute Gasteiger partial charge is 0.265 e. The van der Waals surface area contributed by atoms with Crippen LogP contribution in [0.1, 0.15) is 85.3 Å². The van der Waals surface area contributed by atoms with Crippen molar-refractivity contribution in [3.63, 3.8) is 0 Å². The molecule has 41 heavy (non-hydrogen) atoms. The van der Waals surface area contributed by atoms with Crippen molar-refractivity contribution < 1.29 is 19.1 Å². The van der Waals surface area contributed by atoms with Crippen molar-refractivity contribution in [1.29, 1.82) is 0 Å². The molecule has 0 aromatic heterocycles. The monoisotopic (exact) mass is 562 g/mol. The van der Waals surface area contributed by atoms with Crippen LogP contribution < -0.4 is 15.1 Å². The van der Waals surface area contributed by atoms with E-state index >= 15 is 0 Å². The molecule has 1 fully saturated rings. The predicted molar refractivity (Wildman–Crippen MR) is 165 cm³/mol. The highest BCUT2D eigenvalue weighted by Gasteiger charge is 2.31. The number of nitrogens with zero attached hydrogens (tertiary/aromatic N) is 3. The van der Waals surface area contributed by atoms with Crippen LogP contribution in [0.4, 0.5) is 11.4 Å². The van der Waals surface area contributed by atoms with Crippen molar-refractivity contribution >= 4 is 29.0 Å². The molecule has 2 aliphatic rings. The molecule has 2 aromatic carbocycles. The number of anilines is 2. The Morgan fingerprint density at radius 2 is 1.66 bits per heavy atom. The van der Waals surface area contributed by atoms with Crippen LogP contribution in [0.25, 0.3) is 0 Å². The molecule has 2 heterocycles. The summed E-state index contributed by atoms with van der Waals surface area (Å²) in [5, 5.41) is 9.00. The van der Waals surface area contributed by atoms with Gasteiger partial charge in [0.15, 0.2) is 6.10 Å². The van der Waals surface area contributed by atoms with Gasteiger partial charge in [-0.15, -0.1) is 0 Å². The number of amides is 2. The summed E-state index contributed by atoms with van der Waals surface area (Å²) in [7, 11) is 0. The maximum absolute atomic E-state index is 13.3. The lowest BCUT2D eigenvalue weighted by molar-refractivity contribution is -0.123. The second-order valence-corrected chi connectivity index (χ2v) is 12.2. The van der Waals surface area contributed by atoms with Gasteiger partial charge in [-0.1, -0.05) is 60.6 Å². The molecule has 2 aliphatic heterocycles. The Balaban J connectivity index is 1.47.